The molecule has 0 aromatic heterocycles. The first-order valence-electron chi connectivity index (χ1n) is 4.70. The van der Waals surface area contributed by atoms with Crippen LogP contribution in [0.15, 0.2) is 0 Å². The average Bonchev–Trinajstić information content (AvgIpc) is 2.11. The van der Waals surface area contributed by atoms with Crippen molar-refractivity contribution in [2.75, 3.05) is 13.7 Å². The zero-order valence-corrected chi connectivity index (χ0v) is 8.67. The smallest absolute Gasteiger partial charge is 0.234 e. The number of amides is 1. The van der Waals surface area contributed by atoms with Gasteiger partial charge in [0.25, 0.3) is 0 Å². The van der Waals surface area contributed by atoms with Crippen LogP contribution in [0.2, 0.25) is 0 Å². The van der Waals surface area contributed by atoms with E-state index < -0.39 is 0 Å². The van der Waals surface area contributed by atoms with Crippen molar-refractivity contribution in [3.8, 4) is 0 Å². The standard InChI is InChI=1S/C9H20N2O2/c1-4-7(2)13-6-5-8(11-3)9(10)12/h7-8,11H,4-6H2,1-3H3,(H2,10,12). The number of hydrogen-bond donors (Lipinski definition) is 2. The molecule has 2 atom stereocenters. The number of nitrogens with two attached hydrogens (primary N) is 1. The van der Waals surface area contributed by atoms with Crippen molar-refractivity contribution in [3.05, 3.63) is 0 Å². The summed E-state index contributed by atoms with van der Waals surface area (Å²) in [4.78, 5) is 10.8. The first-order valence-corrected chi connectivity index (χ1v) is 4.70. The Hall–Kier alpha value is -0.610. The van der Waals surface area contributed by atoms with Gasteiger partial charge in [-0.25, -0.2) is 0 Å². The number of carbonyl (C=O) groups excluding carboxylic acids is 1. The van der Waals surface area contributed by atoms with Crippen LogP contribution >= 0.6 is 0 Å². The van der Waals surface area contributed by atoms with E-state index in [1.807, 2.05) is 6.92 Å². The quantitative estimate of drug-likeness (QED) is 0.602. The fourth-order valence-electron chi connectivity index (χ4n) is 0.934. The van der Waals surface area contributed by atoms with Crippen LogP contribution in [0.3, 0.4) is 0 Å². The van der Waals surface area contributed by atoms with Crippen molar-refractivity contribution in [2.45, 2.75) is 38.8 Å². The Kier molecular flexibility index (Phi) is 6.54. The van der Waals surface area contributed by atoms with Gasteiger partial charge in [-0.15, -0.1) is 0 Å². The second-order valence-corrected chi connectivity index (χ2v) is 3.12. The SMILES string of the molecule is CCC(C)OCCC(NC)C(N)=O. The highest BCUT2D eigenvalue weighted by molar-refractivity contribution is 5.79. The van der Waals surface area contributed by atoms with E-state index in [-0.39, 0.29) is 18.1 Å². The molecular formula is C9H20N2O2. The van der Waals surface area contributed by atoms with Crippen LogP contribution in [0.1, 0.15) is 26.7 Å². The molecule has 0 spiro atoms. The molecule has 0 saturated heterocycles. The minimum Gasteiger partial charge on any atom is -0.378 e. The van der Waals surface area contributed by atoms with Gasteiger partial charge < -0.3 is 15.8 Å². The summed E-state index contributed by atoms with van der Waals surface area (Å²) in [6.45, 7) is 4.65. The highest BCUT2D eigenvalue weighted by atomic mass is 16.5. The lowest BCUT2D eigenvalue weighted by molar-refractivity contribution is -0.120. The maximum atomic E-state index is 10.8. The molecule has 4 heteroatoms. The molecule has 2 unspecified atom stereocenters. The zero-order valence-electron chi connectivity index (χ0n) is 8.67. The molecule has 0 fully saturated rings. The summed E-state index contributed by atoms with van der Waals surface area (Å²) < 4.78 is 5.43. The third-order valence-electron chi connectivity index (χ3n) is 2.08. The molecular weight excluding hydrogens is 168 g/mol. The molecule has 0 aromatic carbocycles. The second kappa shape index (κ2) is 6.86. The van der Waals surface area contributed by atoms with Crippen LogP contribution < -0.4 is 11.1 Å². The van der Waals surface area contributed by atoms with Crippen molar-refractivity contribution < 1.29 is 9.53 Å². The number of ether oxygens (including phenoxy) is 1. The van der Waals surface area contributed by atoms with E-state index in [4.69, 9.17) is 10.5 Å². The van der Waals surface area contributed by atoms with E-state index >= 15 is 0 Å². The number of likely N-dealkylation sites (N-methyl/N-ethyl adjacent to an activating group) is 1. The molecule has 4 nitrogen and oxygen atoms in total. The van der Waals surface area contributed by atoms with Gasteiger partial charge in [0.05, 0.1) is 12.1 Å². The van der Waals surface area contributed by atoms with E-state index in [2.05, 4.69) is 12.2 Å². The van der Waals surface area contributed by atoms with Gasteiger partial charge in [-0.2, -0.15) is 0 Å². The van der Waals surface area contributed by atoms with Crippen molar-refractivity contribution in [1.29, 1.82) is 0 Å². The highest BCUT2D eigenvalue weighted by Crippen LogP contribution is 1.98. The maximum absolute atomic E-state index is 10.8. The number of carbonyl (C=O) groups is 1. The Labute approximate surface area is 79.8 Å². The van der Waals surface area contributed by atoms with E-state index in [9.17, 15) is 4.79 Å². The average molecular weight is 188 g/mol. The summed E-state index contributed by atoms with van der Waals surface area (Å²) in [5.74, 6) is -0.324. The van der Waals surface area contributed by atoms with Gasteiger partial charge in [-0.3, -0.25) is 4.79 Å². The lowest BCUT2D eigenvalue weighted by Gasteiger charge is -2.14. The molecule has 0 saturated carbocycles. The summed E-state index contributed by atoms with van der Waals surface area (Å²) in [6, 6.07) is -0.274. The number of hydrogen-bond acceptors (Lipinski definition) is 3. The van der Waals surface area contributed by atoms with Crippen LogP contribution in [-0.2, 0) is 9.53 Å². The Balaban J connectivity index is 3.55. The minimum absolute atomic E-state index is 0.255. The lowest BCUT2D eigenvalue weighted by atomic mass is 10.2. The lowest BCUT2D eigenvalue weighted by Crippen LogP contribution is -2.40. The number of rotatable bonds is 7. The molecule has 0 bridgehead atoms. The Morgan fingerprint density at radius 2 is 2.23 bits per heavy atom. The topological polar surface area (TPSA) is 64.3 Å². The predicted molar refractivity (Wildman–Crippen MR) is 52.4 cm³/mol. The summed E-state index contributed by atoms with van der Waals surface area (Å²) in [5.41, 5.74) is 5.14. The third kappa shape index (κ3) is 5.60. The fourth-order valence-corrected chi connectivity index (χ4v) is 0.934. The van der Waals surface area contributed by atoms with Crippen LogP contribution in [0, 0.1) is 0 Å². The van der Waals surface area contributed by atoms with Gasteiger partial charge in [0.2, 0.25) is 5.91 Å². The van der Waals surface area contributed by atoms with Crippen molar-refractivity contribution in [1.82, 2.24) is 5.32 Å². The maximum Gasteiger partial charge on any atom is 0.234 e. The molecule has 0 aliphatic heterocycles. The fraction of sp³-hybridized carbons (Fsp3) is 0.889. The number of primary amides is 1. The van der Waals surface area contributed by atoms with E-state index in [0.29, 0.717) is 13.0 Å². The Morgan fingerprint density at radius 1 is 1.62 bits per heavy atom. The van der Waals surface area contributed by atoms with Crippen LogP contribution in [0.25, 0.3) is 0 Å². The van der Waals surface area contributed by atoms with Gasteiger partial charge in [0.1, 0.15) is 0 Å². The molecule has 0 heterocycles. The Bertz CT molecular complexity index is 151. The van der Waals surface area contributed by atoms with Gasteiger partial charge in [-0.05, 0) is 26.8 Å². The molecule has 1 amide bonds. The second-order valence-electron chi connectivity index (χ2n) is 3.12. The predicted octanol–water partition coefficient (Wildman–Crippen LogP) is 0.265. The Morgan fingerprint density at radius 3 is 2.62 bits per heavy atom. The molecule has 0 radical (unpaired) electrons. The van der Waals surface area contributed by atoms with Gasteiger partial charge >= 0.3 is 0 Å². The van der Waals surface area contributed by atoms with Crippen LogP contribution in [-0.4, -0.2) is 31.7 Å². The molecule has 0 aromatic rings. The van der Waals surface area contributed by atoms with Gasteiger partial charge in [-0.1, -0.05) is 6.92 Å². The molecule has 3 N–H and O–H groups in total. The van der Waals surface area contributed by atoms with Gasteiger partial charge in [0, 0.05) is 6.61 Å². The van der Waals surface area contributed by atoms with Crippen molar-refractivity contribution >= 4 is 5.91 Å². The first kappa shape index (κ1) is 12.4. The third-order valence-corrected chi connectivity index (χ3v) is 2.08. The summed E-state index contributed by atoms with van der Waals surface area (Å²) in [7, 11) is 1.72. The summed E-state index contributed by atoms with van der Waals surface area (Å²) in [5, 5.41) is 2.84. The minimum atomic E-state index is -0.324. The normalized spacial score (nSPS) is 15.3. The van der Waals surface area contributed by atoms with Crippen LogP contribution in [0.5, 0.6) is 0 Å². The monoisotopic (exact) mass is 188 g/mol. The number of nitrogens with one attached hydrogen (secondary N) is 1. The van der Waals surface area contributed by atoms with E-state index in [1.165, 1.54) is 0 Å². The van der Waals surface area contributed by atoms with Gasteiger partial charge in [0.15, 0.2) is 0 Å². The van der Waals surface area contributed by atoms with Crippen LogP contribution in [0.4, 0.5) is 0 Å². The summed E-state index contributed by atoms with van der Waals surface area (Å²) >= 11 is 0. The highest BCUT2D eigenvalue weighted by Gasteiger charge is 2.12. The van der Waals surface area contributed by atoms with E-state index in [1.54, 1.807) is 7.05 Å². The zero-order chi connectivity index (χ0) is 10.3. The molecule has 0 aliphatic rings. The molecule has 0 rings (SSSR count). The summed E-state index contributed by atoms with van der Waals surface area (Å²) in [6.07, 6.45) is 1.88. The molecule has 0 aliphatic carbocycles. The molecule has 78 valence electrons. The van der Waals surface area contributed by atoms with Crippen molar-refractivity contribution in [2.24, 2.45) is 5.73 Å². The molecule has 13 heavy (non-hydrogen) atoms. The largest absolute Gasteiger partial charge is 0.378 e. The van der Waals surface area contributed by atoms with E-state index in [0.717, 1.165) is 6.42 Å². The van der Waals surface area contributed by atoms with Crippen molar-refractivity contribution in [3.63, 3.8) is 0 Å². The first-order chi connectivity index (χ1) is 6.11.